The van der Waals surface area contributed by atoms with E-state index in [0.29, 0.717) is 11.7 Å². The van der Waals surface area contributed by atoms with Crippen LogP contribution < -0.4 is 10.1 Å². The van der Waals surface area contributed by atoms with Gasteiger partial charge in [0.25, 0.3) is 0 Å². The number of pyridine rings is 1. The molecule has 2 aromatic carbocycles. The number of thiocarbonyl (C=S) groups is 1. The number of para-hydroxylation sites is 2. The van der Waals surface area contributed by atoms with Crippen LogP contribution in [0.2, 0.25) is 0 Å². The number of hydrogen-bond acceptors (Lipinski definition) is 4. The van der Waals surface area contributed by atoms with E-state index in [1.54, 1.807) is 13.2 Å². The highest BCUT2D eigenvalue weighted by molar-refractivity contribution is 7.80. The molecule has 0 saturated carbocycles. The van der Waals surface area contributed by atoms with E-state index in [2.05, 4.69) is 51.8 Å². The number of benzene rings is 2. The first-order valence-corrected chi connectivity index (χ1v) is 12.0. The van der Waals surface area contributed by atoms with Crippen LogP contribution >= 0.6 is 12.2 Å². The molecular formula is C28H28N4O2S. The zero-order valence-corrected chi connectivity index (χ0v) is 20.8. The van der Waals surface area contributed by atoms with E-state index in [1.807, 2.05) is 54.7 Å². The fourth-order valence-electron chi connectivity index (χ4n) is 4.95. The SMILES string of the molecule is COc1ccc(CN2C(=S)N[C@@H](c3ccccn3)[C@@H]2c2cc(C)n(-c3ccccc3O)c2C)cc1. The van der Waals surface area contributed by atoms with Crippen LogP contribution in [0.25, 0.3) is 5.69 Å². The summed E-state index contributed by atoms with van der Waals surface area (Å²) in [6.45, 7) is 4.80. The summed E-state index contributed by atoms with van der Waals surface area (Å²) in [6, 6.07) is 23.5. The van der Waals surface area contributed by atoms with Gasteiger partial charge in [-0.25, -0.2) is 0 Å². The number of aryl methyl sites for hydroxylation is 1. The lowest BCUT2D eigenvalue weighted by molar-refractivity contribution is 0.310. The number of hydrogen-bond donors (Lipinski definition) is 2. The van der Waals surface area contributed by atoms with Crippen molar-refractivity contribution in [2.45, 2.75) is 32.5 Å². The Morgan fingerprint density at radius 2 is 1.77 bits per heavy atom. The van der Waals surface area contributed by atoms with Crippen molar-refractivity contribution in [3.8, 4) is 17.2 Å². The van der Waals surface area contributed by atoms with Crippen LogP contribution in [-0.2, 0) is 6.54 Å². The Morgan fingerprint density at radius 3 is 2.46 bits per heavy atom. The van der Waals surface area contributed by atoms with Gasteiger partial charge in [-0.15, -0.1) is 0 Å². The summed E-state index contributed by atoms with van der Waals surface area (Å²) in [7, 11) is 1.67. The van der Waals surface area contributed by atoms with Crippen molar-refractivity contribution >= 4 is 17.3 Å². The number of nitrogens with zero attached hydrogens (tertiary/aromatic N) is 3. The molecule has 4 aromatic rings. The quantitative estimate of drug-likeness (QED) is 0.359. The molecule has 6 nitrogen and oxygen atoms in total. The maximum Gasteiger partial charge on any atom is 0.170 e. The molecule has 1 saturated heterocycles. The van der Waals surface area contributed by atoms with Crippen LogP contribution in [-0.4, -0.2) is 31.8 Å². The van der Waals surface area contributed by atoms with Crippen molar-refractivity contribution in [1.29, 1.82) is 0 Å². The van der Waals surface area contributed by atoms with Gasteiger partial charge in [0.15, 0.2) is 5.11 Å². The van der Waals surface area contributed by atoms with Crippen molar-refractivity contribution < 1.29 is 9.84 Å². The van der Waals surface area contributed by atoms with E-state index >= 15 is 0 Å². The van der Waals surface area contributed by atoms with Crippen LogP contribution in [0.15, 0.2) is 79.0 Å². The van der Waals surface area contributed by atoms with Crippen LogP contribution in [0.1, 0.15) is 40.3 Å². The van der Waals surface area contributed by atoms with Crippen molar-refractivity contribution in [1.82, 2.24) is 19.8 Å². The van der Waals surface area contributed by atoms with Gasteiger partial charge >= 0.3 is 0 Å². The molecule has 2 aromatic heterocycles. The molecule has 7 heteroatoms. The average molecular weight is 485 g/mol. The largest absolute Gasteiger partial charge is 0.506 e. The second kappa shape index (κ2) is 9.43. The van der Waals surface area contributed by atoms with E-state index in [9.17, 15) is 5.11 Å². The van der Waals surface area contributed by atoms with Gasteiger partial charge < -0.3 is 24.6 Å². The van der Waals surface area contributed by atoms with Gasteiger partial charge in [0.2, 0.25) is 0 Å². The number of aromatic nitrogens is 2. The highest BCUT2D eigenvalue weighted by Gasteiger charge is 2.41. The zero-order valence-electron chi connectivity index (χ0n) is 20.0. The molecule has 2 atom stereocenters. The summed E-state index contributed by atoms with van der Waals surface area (Å²) >= 11 is 5.86. The molecule has 1 aliphatic heterocycles. The Bertz CT molecular complexity index is 1350. The van der Waals surface area contributed by atoms with Crippen molar-refractivity contribution in [3.05, 3.63) is 107 Å². The minimum atomic E-state index is -0.111. The summed E-state index contributed by atoms with van der Waals surface area (Å²) in [6.07, 6.45) is 1.81. The first-order valence-electron chi connectivity index (χ1n) is 11.6. The number of methoxy groups -OCH3 is 1. The van der Waals surface area contributed by atoms with Crippen molar-refractivity contribution in [2.24, 2.45) is 0 Å². The van der Waals surface area contributed by atoms with Gasteiger partial charge in [-0.1, -0.05) is 30.3 Å². The van der Waals surface area contributed by atoms with Crippen LogP contribution in [0.3, 0.4) is 0 Å². The third-order valence-corrected chi connectivity index (χ3v) is 6.97. The lowest BCUT2D eigenvalue weighted by Crippen LogP contribution is -2.29. The van der Waals surface area contributed by atoms with Gasteiger partial charge in [-0.3, -0.25) is 4.98 Å². The molecule has 0 bridgehead atoms. The molecule has 0 spiro atoms. The van der Waals surface area contributed by atoms with Crippen molar-refractivity contribution in [3.63, 3.8) is 0 Å². The molecule has 0 aliphatic carbocycles. The Morgan fingerprint density at radius 1 is 1.03 bits per heavy atom. The van der Waals surface area contributed by atoms with Gasteiger partial charge in [0, 0.05) is 24.1 Å². The third kappa shape index (κ3) is 4.23. The minimum Gasteiger partial charge on any atom is -0.506 e. The third-order valence-electron chi connectivity index (χ3n) is 6.62. The van der Waals surface area contributed by atoms with E-state index in [1.165, 1.54) is 0 Å². The molecule has 0 radical (unpaired) electrons. The Balaban J connectivity index is 1.60. The Hall–Kier alpha value is -3.84. The predicted molar refractivity (Wildman–Crippen MR) is 141 cm³/mol. The molecule has 0 amide bonds. The number of phenols is 1. The lowest BCUT2D eigenvalue weighted by Gasteiger charge is -2.28. The topological polar surface area (TPSA) is 62.5 Å². The first kappa shape index (κ1) is 22.9. The molecule has 5 rings (SSSR count). The summed E-state index contributed by atoms with van der Waals surface area (Å²) in [4.78, 5) is 6.88. The molecule has 35 heavy (non-hydrogen) atoms. The predicted octanol–water partition coefficient (Wildman–Crippen LogP) is 5.38. The summed E-state index contributed by atoms with van der Waals surface area (Å²) < 4.78 is 7.43. The number of phenolic OH excluding ortho intramolecular Hbond substituents is 1. The van der Waals surface area contributed by atoms with E-state index in [-0.39, 0.29) is 17.8 Å². The fourth-order valence-corrected chi connectivity index (χ4v) is 5.26. The van der Waals surface area contributed by atoms with Crippen LogP contribution in [0.5, 0.6) is 11.5 Å². The molecule has 2 N–H and O–H groups in total. The minimum absolute atomic E-state index is 0.0784. The molecule has 1 aliphatic rings. The normalized spacial score (nSPS) is 17.5. The zero-order chi connectivity index (χ0) is 24.5. The number of ether oxygens (including phenoxy) is 1. The Kier molecular flexibility index (Phi) is 6.17. The highest BCUT2D eigenvalue weighted by Crippen LogP contribution is 2.42. The summed E-state index contributed by atoms with van der Waals surface area (Å²) in [5.74, 6) is 1.07. The maximum atomic E-state index is 10.6. The van der Waals surface area contributed by atoms with E-state index < -0.39 is 0 Å². The number of aromatic hydroxyl groups is 1. The molecule has 3 heterocycles. The molecule has 178 valence electrons. The fraction of sp³-hybridized carbons (Fsp3) is 0.214. The average Bonchev–Trinajstić information content (AvgIpc) is 3.35. The van der Waals surface area contributed by atoms with Crippen molar-refractivity contribution in [2.75, 3.05) is 7.11 Å². The standard InChI is InChI=1S/C28H28N4O2S/c1-18-16-22(19(2)32(18)24-9-4-5-10-25(24)33)27-26(23-8-6-7-15-29-23)30-28(35)31(27)17-20-11-13-21(34-3)14-12-20/h4-16,26-27,33H,17H2,1-3H3,(H,30,35)/t26-,27-/m0/s1. The number of rotatable bonds is 6. The summed E-state index contributed by atoms with van der Waals surface area (Å²) in [5, 5.41) is 14.8. The summed E-state index contributed by atoms with van der Waals surface area (Å²) in [5.41, 5.74) is 6.07. The van der Waals surface area contributed by atoms with E-state index in [4.69, 9.17) is 17.0 Å². The Labute approximate surface area is 210 Å². The molecule has 1 fully saturated rings. The smallest absolute Gasteiger partial charge is 0.170 e. The van der Waals surface area contributed by atoms with Gasteiger partial charge in [-0.2, -0.15) is 0 Å². The van der Waals surface area contributed by atoms with Gasteiger partial charge in [0.1, 0.15) is 11.5 Å². The van der Waals surface area contributed by atoms with Crippen LogP contribution in [0.4, 0.5) is 0 Å². The first-order chi connectivity index (χ1) is 17.0. The van der Waals surface area contributed by atoms with Crippen LogP contribution in [0, 0.1) is 13.8 Å². The second-order valence-electron chi connectivity index (χ2n) is 8.75. The molecule has 0 unspecified atom stereocenters. The second-order valence-corrected chi connectivity index (χ2v) is 9.14. The number of nitrogens with one attached hydrogen (secondary N) is 1. The van der Waals surface area contributed by atoms with Gasteiger partial charge in [-0.05, 0) is 79.7 Å². The lowest BCUT2D eigenvalue weighted by atomic mass is 9.96. The van der Waals surface area contributed by atoms with Gasteiger partial charge in [0.05, 0.1) is 30.6 Å². The van der Waals surface area contributed by atoms with E-state index in [0.717, 1.165) is 39.6 Å². The highest BCUT2D eigenvalue weighted by atomic mass is 32.1. The molecular weight excluding hydrogens is 456 g/mol. The maximum absolute atomic E-state index is 10.6. The monoisotopic (exact) mass is 484 g/mol.